The van der Waals surface area contributed by atoms with Crippen molar-refractivity contribution < 1.29 is 13.9 Å². The Kier molecular flexibility index (Phi) is 4.64. The molecule has 1 aliphatic rings. The lowest BCUT2D eigenvalue weighted by Crippen LogP contribution is -2.31. The van der Waals surface area contributed by atoms with E-state index < -0.39 is 0 Å². The highest BCUT2D eigenvalue weighted by Crippen LogP contribution is 2.27. The van der Waals surface area contributed by atoms with Gasteiger partial charge in [0.1, 0.15) is 17.1 Å². The number of carbonyl (C=O) groups excluding carboxylic acids is 1. The van der Waals surface area contributed by atoms with Crippen LogP contribution < -0.4 is 5.32 Å². The third kappa shape index (κ3) is 3.38. The number of esters is 1. The maximum atomic E-state index is 11.5. The van der Waals surface area contributed by atoms with Crippen LogP contribution in [0.15, 0.2) is 10.5 Å². The number of nitrogens with one attached hydrogen (secondary N) is 1. The minimum absolute atomic E-state index is 0.337. The fourth-order valence-electron chi connectivity index (χ4n) is 2.83. The van der Waals surface area contributed by atoms with Gasteiger partial charge in [-0.05, 0) is 38.7 Å². The van der Waals surface area contributed by atoms with Crippen molar-refractivity contribution in [3.63, 3.8) is 0 Å². The minimum atomic E-state index is -0.337. The highest BCUT2D eigenvalue weighted by atomic mass is 16.5. The summed E-state index contributed by atoms with van der Waals surface area (Å²) in [5.41, 5.74) is 0.521. The predicted molar refractivity (Wildman–Crippen MR) is 73.0 cm³/mol. The third-order valence-corrected chi connectivity index (χ3v) is 4.08. The molecule has 0 unspecified atom stereocenters. The van der Waals surface area contributed by atoms with Crippen LogP contribution >= 0.6 is 0 Å². The van der Waals surface area contributed by atoms with Crippen molar-refractivity contribution in [3.8, 4) is 0 Å². The first-order chi connectivity index (χ1) is 9.11. The van der Waals surface area contributed by atoms with E-state index in [0.29, 0.717) is 23.9 Å². The van der Waals surface area contributed by atoms with Gasteiger partial charge in [0.15, 0.2) is 0 Å². The van der Waals surface area contributed by atoms with Crippen LogP contribution in [-0.2, 0) is 11.3 Å². The van der Waals surface area contributed by atoms with Gasteiger partial charge in [0, 0.05) is 6.04 Å². The summed E-state index contributed by atoms with van der Waals surface area (Å²) in [5, 5.41) is 3.49. The van der Waals surface area contributed by atoms with Crippen LogP contribution in [0.4, 0.5) is 0 Å². The standard InChI is InChI=1S/C15H23NO3/c1-10(12-6-4-5-7-12)16-9-13-8-14(11(2)19-13)15(17)18-3/h8,10,12,16H,4-7,9H2,1-3H3/t10-/m0/s1. The quantitative estimate of drug-likeness (QED) is 0.831. The number of rotatable bonds is 5. The Bertz CT molecular complexity index is 433. The van der Waals surface area contributed by atoms with Crippen molar-refractivity contribution in [1.29, 1.82) is 0 Å². The number of hydrogen-bond acceptors (Lipinski definition) is 4. The van der Waals surface area contributed by atoms with Crippen molar-refractivity contribution in [2.75, 3.05) is 7.11 Å². The van der Waals surface area contributed by atoms with Crippen molar-refractivity contribution in [1.82, 2.24) is 5.32 Å². The zero-order chi connectivity index (χ0) is 13.8. The molecule has 0 radical (unpaired) electrons. The molecular weight excluding hydrogens is 242 g/mol. The first-order valence-corrected chi connectivity index (χ1v) is 7.03. The Labute approximate surface area is 114 Å². The lowest BCUT2D eigenvalue weighted by atomic mass is 10.00. The van der Waals surface area contributed by atoms with Crippen LogP contribution in [0.3, 0.4) is 0 Å². The average molecular weight is 265 g/mol. The first-order valence-electron chi connectivity index (χ1n) is 7.03. The van der Waals surface area contributed by atoms with Crippen LogP contribution in [0.5, 0.6) is 0 Å². The molecule has 4 nitrogen and oxygen atoms in total. The van der Waals surface area contributed by atoms with Crippen LogP contribution in [-0.4, -0.2) is 19.1 Å². The van der Waals surface area contributed by atoms with E-state index in [-0.39, 0.29) is 5.97 Å². The number of carbonyl (C=O) groups is 1. The molecule has 19 heavy (non-hydrogen) atoms. The lowest BCUT2D eigenvalue weighted by molar-refractivity contribution is 0.0599. The van der Waals surface area contributed by atoms with Crippen LogP contribution in [0.2, 0.25) is 0 Å². The molecule has 0 bridgehead atoms. The third-order valence-electron chi connectivity index (χ3n) is 4.08. The molecule has 0 aromatic carbocycles. The summed E-state index contributed by atoms with van der Waals surface area (Å²) in [6.45, 7) is 4.68. The fourth-order valence-corrected chi connectivity index (χ4v) is 2.83. The van der Waals surface area contributed by atoms with Crippen molar-refractivity contribution in [3.05, 3.63) is 23.2 Å². The molecule has 1 heterocycles. The maximum Gasteiger partial charge on any atom is 0.341 e. The van der Waals surface area contributed by atoms with Gasteiger partial charge < -0.3 is 14.5 Å². The van der Waals surface area contributed by atoms with E-state index in [1.807, 2.05) is 0 Å². The number of methoxy groups -OCH3 is 1. The molecule has 4 heteroatoms. The second-order valence-corrected chi connectivity index (χ2v) is 5.39. The van der Waals surface area contributed by atoms with Gasteiger partial charge in [0.2, 0.25) is 0 Å². The smallest absolute Gasteiger partial charge is 0.341 e. The minimum Gasteiger partial charge on any atom is -0.465 e. The van der Waals surface area contributed by atoms with Crippen LogP contribution in [0.1, 0.15) is 54.5 Å². The monoisotopic (exact) mass is 265 g/mol. The fraction of sp³-hybridized carbons (Fsp3) is 0.667. The summed E-state index contributed by atoms with van der Waals surface area (Å²) in [7, 11) is 1.38. The predicted octanol–water partition coefficient (Wildman–Crippen LogP) is 3.04. The molecule has 106 valence electrons. The normalized spacial score (nSPS) is 17.6. The molecule has 0 aliphatic heterocycles. The van der Waals surface area contributed by atoms with Gasteiger partial charge >= 0.3 is 5.97 Å². The molecule has 0 spiro atoms. The Balaban J connectivity index is 1.90. The van der Waals surface area contributed by atoms with Gasteiger partial charge in [-0.2, -0.15) is 0 Å². The summed E-state index contributed by atoms with van der Waals surface area (Å²) >= 11 is 0. The summed E-state index contributed by atoms with van der Waals surface area (Å²) in [5.74, 6) is 1.85. The van der Waals surface area contributed by atoms with E-state index >= 15 is 0 Å². The van der Waals surface area contributed by atoms with E-state index in [1.54, 1.807) is 13.0 Å². The van der Waals surface area contributed by atoms with Crippen molar-refractivity contribution >= 4 is 5.97 Å². The van der Waals surface area contributed by atoms with Gasteiger partial charge in [0.25, 0.3) is 0 Å². The largest absolute Gasteiger partial charge is 0.465 e. The molecule has 1 N–H and O–H groups in total. The van der Waals surface area contributed by atoms with Gasteiger partial charge in [-0.25, -0.2) is 4.79 Å². The van der Waals surface area contributed by atoms with Crippen molar-refractivity contribution in [2.24, 2.45) is 5.92 Å². The van der Waals surface area contributed by atoms with E-state index in [9.17, 15) is 4.79 Å². The molecular formula is C15H23NO3. The van der Waals surface area contributed by atoms with Crippen molar-refractivity contribution in [2.45, 2.75) is 52.1 Å². The lowest BCUT2D eigenvalue weighted by Gasteiger charge is -2.19. The molecule has 0 saturated heterocycles. The molecule has 1 saturated carbocycles. The van der Waals surface area contributed by atoms with Gasteiger partial charge in [-0.15, -0.1) is 0 Å². The second-order valence-electron chi connectivity index (χ2n) is 5.39. The Morgan fingerprint density at radius 3 is 2.84 bits per heavy atom. The van der Waals surface area contributed by atoms with E-state index in [4.69, 9.17) is 9.15 Å². The molecule has 1 aromatic rings. The van der Waals surface area contributed by atoms with E-state index in [1.165, 1.54) is 32.8 Å². The van der Waals surface area contributed by atoms with Gasteiger partial charge in [0.05, 0.1) is 13.7 Å². The van der Waals surface area contributed by atoms with Gasteiger partial charge in [-0.1, -0.05) is 12.8 Å². The first kappa shape index (κ1) is 14.1. The molecule has 1 fully saturated rings. The SMILES string of the molecule is COC(=O)c1cc(CN[C@@H](C)C2CCCC2)oc1C. The average Bonchev–Trinajstić information content (AvgIpc) is 3.04. The topological polar surface area (TPSA) is 51.5 Å². The summed E-state index contributed by atoms with van der Waals surface area (Å²) < 4.78 is 10.3. The molecule has 1 aromatic heterocycles. The molecule has 1 aliphatic carbocycles. The number of aryl methyl sites for hydroxylation is 1. The zero-order valence-corrected chi connectivity index (χ0v) is 12.0. The molecule has 1 atom stereocenters. The number of ether oxygens (including phenoxy) is 1. The maximum absolute atomic E-state index is 11.5. The Morgan fingerprint density at radius 1 is 1.53 bits per heavy atom. The highest BCUT2D eigenvalue weighted by molar-refractivity contribution is 5.90. The zero-order valence-electron chi connectivity index (χ0n) is 12.0. The Hall–Kier alpha value is -1.29. The second kappa shape index (κ2) is 6.24. The van der Waals surface area contributed by atoms with Crippen LogP contribution in [0.25, 0.3) is 0 Å². The van der Waals surface area contributed by atoms with E-state index in [0.717, 1.165) is 11.7 Å². The molecule has 0 amide bonds. The van der Waals surface area contributed by atoms with E-state index in [2.05, 4.69) is 12.2 Å². The highest BCUT2D eigenvalue weighted by Gasteiger charge is 2.22. The summed E-state index contributed by atoms with van der Waals surface area (Å²) in [6, 6.07) is 2.27. The van der Waals surface area contributed by atoms with Crippen LogP contribution in [0, 0.1) is 12.8 Å². The Morgan fingerprint density at radius 2 is 2.21 bits per heavy atom. The summed E-state index contributed by atoms with van der Waals surface area (Å²) in [4.78, 5) is 11.5. The number of furan rings is 1. The number of hydrogen-bond donors (Lipinski definition) is 1. The molecule has 2 rings (SSSR count). The van der Waals surface area contributed by atoms with Gasteiger partial charge in [-0.3, -0.25) is 0 Å². The summed E-state index contributed by atoms with van der Waals surface area (Å²) in [6.07, 6.45) is 5.34.